The van der Waals surface area contributed by atoms with Crippen LogP contribution in [0.3, 0.4) is 0 Å². The van der Waals surface area contributed by atoms with Crippen molar-refractivity contribution in [2.75, 3.05) is 63.3 Å². The molecule has 0 saturated carbocycles. The first kappa shape index (κ1) is 32.5. The Morgan fingerprint density at radius 3 is 2.54 bits per heavy atom. The van der Waals surface area contributed by atoms with E-state index in [0.29, 0.717) is 37.0 Å². The van der Waals surface area contributed by atoms with Crippen molar-refractivity contribution in [2.45, 2.75) is 32.1 Å². The predicted octanol–water partition coefficient (Wildman–Crippen LogP) is 4.61. The Labute approximate surface area is 239 Å². The van der Waals surface area contributed by atoms with E-state index in [1.165, 1.54) is 25.3 Å². The molecule has 1 aliphatic rings. The molecule has 2 amide bonds. The lowest BCUT2D eigenvalue weighted by Crippen LogP contribution is -2.52. The van der Waals surface area contributed by atoms with Crippen LogP contribution in [0.25, 0.3) is 0 Å². The van der Waals surface area contributed by atoms with E-state index in [0.717, 1.165) is 6.07 Å². The number of nitrogens with zero attached hydrogens (tertiary/aromatic N) is 2. The third-order valence-corrected chi connectivity index (χ3v) is 6.72. The van der Waals surface area contributed by atoms with Gasteiger partial charge in [-0.05, 0) is 31.2 Å². The number of methoxy groups -OCH3 is 1. The topological polar surface area (TPSA) is 83.1 Å². The van der Waals surface area contributed by atoms with Gasteiger partial charge in [-0.25, -0.2) is 8.78 Å². The molecule has 8 nitrogen and oxygen atoms in total. The maximum atomic E-state index is 14.9. The summed E-state index contributed by atoms with van der Waals surface area (Å²) < 4.78 is 77.5. The molecule has 1 fully saturated rings. The van der Waals surface area contributed by atoms with Crippen molar-refractivity contribution in [3.8, 4) is 0 Å². The second-order valence-corrected chi connectivity index (χ2v) is 9.98. The number of rotatable bonds is 12. The number of piperazine rings is 1. The number of hydrogen-bond donors (Lipinski definition) is 2. The molecule has 3 rings (SSSR count). The van der Waals surface area contributed by atoms with Crippen molar-refractivity contribution in [1.82, 2.24) is 10.2 Å². The summed E-state index contributed by atoms with van der Waals surface area (Å²) in [6.45, 7) is 2.70. The van der Waals surface area contributed by atoms with Crippen LogP contribution in [-0.2, 0) is 20.8 Å². The lowest BCUT2D eigenvalue weighted by molar-refractivity contribution is -0.138. The van der Waals surface area contributed by atoms with E-state index >= 15 is 0 Å². The van der Waals surface area contributed by atoms with E-state index in [-0.39, 0.29) is 43.6 Å². The number of carbonyl (C=O) groups is 2. The zero-order valence-corrected chi connectivity index (χ0v) is 23.4. The van der Waals surface area contributed by atoms with Crippen LogP contribution in [0.4, 0.5) is 33.3 Å². The van der Waals surface area contributed by atoms with E-state index < -0.39 is 41.6 Å². The summed E-state index contributed by atoms with van der Waals surface area (Å²) in [5.41, 5.74) is 0.0708. The monoisotopic (exact) mass is 606 g/mol. The fraction of sp³-hybridized carbons (Fsp3) is 0.481. The zero-order chi connectivity index (χ0) is 30.2. The highest BCUT2D eigenvalue weighted by atomic mass is 35.5. The molecular weight excluding hydrogens is 575 g/mol. The van der Waals surface area contributed by atoms with Gasteiger partial charge in [-0.2, -0.15) is 13.2 Å². The van der Waals surface area contributed by atoms with Crippen LogP contribution in [-0.4, -0.2) is 82.0 Å². The molecule has 1 heterocycles. The summed E-state index contributed by atoms with van der Waals surface area (Å²) >= 11 is 6.20. The Morgan fingerprint density at radius 2 is 1.85 bits per heavy atom. The maximum absolute atomic E-state index is 14.9. The second-order valence-electron chi connectivity index (χ2n) is 9.55. The zero-order valence-electron chi connectivity index (χ0n) is 22.6. The Bertz CT molecular complexity index is 1220. The minimum absolute atomic E-state index is 0.118. The highest BCUT2D eigenvalue weighted by molar-refractivity contribution is 6.31. The molecule has 1 saturated heterocycles. The van der Waals surface area contributed by atoms with Gasteiger partial charge in [-0.15, -0.1) is 0 Å². The maximum Gasteiger partial charge on any atom is 0.390 e. The number of halogens is 6. The predicted molar refractivity (Wildman–Crippen MR) is 144 cm³/mol. The van der Waals surface area contributed by atoms with E-state index in [9.17, 15) is 31.5 Å². The molecule has 41 heavy (non-hydrogen) atoms. The number of hydrogen-bond acceptors (Lipinski definition) is 6. The number of nitrogens with one attached hydrogen (secondary N) is 2. The molecule has 2 aromatic carbocycles. The number of alkyl halides is 3. The Balaban J connectivity index is 1.67. The van der Waals surface area contributed by atoms with Crippen molar-refractivity contribution in [1.29, 1.82) is 0 Å². The molecule has 226 valence electrons. The first-order valence-corrected chi connectivity index (χ1v) is 13.2. The average molecular weight is 607 g/mol. The average Bonchev–Trinajstić information content (AvgIpc) is 2.91. The molecule has 14 heteroatoms. The number of carbonyl (C=O) groups excluding carboxylic acids is 2. The highest BCUT2D eigenvalue weighted by Crippen LogP contribution is 2.33. The fourth-order valence-electron chi connectivity index (χ4n) is 4.37. The molecule has 0 aromatic heterocycles. The minimum atomic E-state index is -4.25. The molecular formula is C27H32ClF5N4O4. The largest absolute Gasteiger partial charge is 0.390 e. The van der Waals surface area contributed by atoms with Gasteiger partial charge in [0.2, 0.25) is 5.91 Å². The Hall–Kier alpha value is -3.00. The van der Waals surface area contributed by atoms with Crippen molar-refractivity contribution < 1.29 is 41.0 Å². The van der Waals surface area contributed by atoms with Crippen molar-refractivity contribution in [3.63, 3.8) is 0 Å². The summed E-state index contributed by atoms with van der Waals surface area (Å²) in [6, 6.07) is 6.73. The van der Waals surface area contributed by atoms with Gasteiger partial charge < -0.3 is 25.0 Å². The van der Waals surface area contributed by atoms with Crippen LogP contribution in [0.2, 0.25) is 5.02 Å². The van der Waals surface area contributed by atoms with Crippen LogP contribution in [0.15, 0.2) is 30.3 Å². The minimum Gasteiger partial charge on any atom is -0.382 e. The first-order chi connectivity index (χ1) is 19.4. The van der Waals surface area contributed by atoms with Gasteiger partial charge in [0.25, 0.3) is 5.91 Å². The van der Waals surface area contributed by atoms with Crippen LogP contribution >= 0.6 is 11.6 Å². The number of benzene rings is 2. The fourth-order valence-corrected chi connectivity index (χ4v) is 4.54. The molecule has 2 aromatic rings. The molecule has 0 radical (unpaired) electrons. The molecule has 0 bridgehead atoms. The summed E-state index contributed by atoms with van der Waals surface area (Å²) in [6.07, 6.45) is -5.15. The van der Waals surface area contributed by atoms with Gasteiger partial charge in [-0.3, -0.25) is 14.5 Å². The van der Waals surface area contributed by atoms with Crippen LogP contribution in [0.5, 0.6) is 0 Å². The Morgan fingerprint density at radius 1 is 1.10 bits per heavy atom. The SMILES string of the molecule is COCCOCC(=O)NCc1ccc(C(=O)Nc2ccc(Cl)cc2N2CCN(CCC(F)(F)F)C[C@H]2C)c(F)c1F. The first-order valence-electron chi connectivity index (χ1n) is 12.9. The van der Waals surface area contributed by atoms with Crippen molar-refractivity contribution in [3.05, 3.63) is 58.1 Å². The second kappa shape index (κ2) is 14.8. The van der Waals surface area contributed by atoms with Gasteiger partial charge in [0.1, 0.15) is 6.61 Å². The van der Waals surface area contributed by atoms with Gasteiger partial charge in [0, 0.05) is 56.5 Å². The van der Waals surface area contributed by atoms with E-state index in [4.69, 9.17) is 21.1 Å². The summed E-state index contributed by atoms with van der Waals surface area (Å²) in [5, 5.41) is 5.37. The van der Waals surface area contributed by atoms with Crippen LogP contribution in [0, 0.1) is 11.6 Å². The van der Waals surface area contributed by atoms with Crippen molar-refractivity contribution in [2.24, 2.45) is 0 Å². The van der Waals surface area contributed by atoms with Gasteiger partial charge in [0.05, 0.1) is 36.6 Å². The molecule has 1 atom stereocenters. The number of amides is 2. The lowest BCUT2D eigenvalue weighted by Gasteiger charge is -2.42. The molecule has 2 N–H and O–H groups in total. The summed E-state index contributed by atoms with van der Waals surface area (Å²) in [4.78, 5) is 28.4. The van der Waals surface area contributed by atoms with Gasteiger partial charge in [0.15, 0.2) is 11.6 Å². The number of ether oxygens (including phenoxy) is 2. The standard InChI is InChI=1S/C27H32ClF5N4O4/c1-17-15-36(8-7-27(31,32)33)9-10-37(17)22-13-19(28)4-6-21(22)35-26(39)20-5-3-18(24(29)25(20)30)14-34-23(38)16-41-12-11-40-2/h3-6,13,17H,7-12,14-16H2,1-2H3,(H,34,38)(H,35,39)/t17-/m1/s1. The van der Waals surface area contributed by atoms with E-state index in [1.807, 2.05) is 11.8 Å². The molecule has 1 aliphatic heterocycles. The molecule has 0 spiro atoms. The van der Waals surface area contributed by atoms with E-state index in [1.54, 1.807) is 11.0 Å². The Kier molecular flexibility index (Phi) is 11.7. The van der Waals surface area contributed by atoms with Crippen LogP contribution in [0.1, 0.15) is 29.3 Å². The lowest BCUT2D eigenvalue weighted by atomic mass is 10.1. The quantitative estimate of drug-likeness (QED) is 0.271. The normalized spacial score (nSPS) is 16.1. The summed E-state index contributed by atoms with van der Waals surface area (Å²) in [5.74, 6) is -4.11. The summed E-state index contributed by atoms with van der Waals surface area (Å²) in [7, 11) is 1.48. The number of anilines is 2. The third kappa shape index (κ3) is 9.52. The molecule has 0 unspecified atom stereocenters. The van der Waals surface area contributed by atoms with Gasteiger partial charge >= 0.3 is 6.18 Å². The van der Waals surface area contributed by atoms with Crippen molar-refractivity contribution >= 4 is 34.8 Å². The highest BCUT2D eigenvalue weighted by Gasteiger charge is 2.31. The van der Waals surface area contributed by atoms with Gasteiger partial charge in [-0.1, -0.05) is 17.7 Å². The third-order valence-electron chi connectivity index (χ3n) is 6.49. The molecule has 0 aliphatic carbocycles. The smallest absolute Gasteiger partial charge is 0.382 e. The van der Waals surface area contributed by atoms with Crippen LogP contribution < -0.4 is 15.5 Å². The van der Waals surface area contributed by atoms with E-state index in [2.05, 4.69) is 10.6 Å².